The molecule has 0 saturated carbocycles. The molecule has 1 atom stereocenters. The van der Waals surface area contributed by atoms with Crippen molar-refractivity contribution in [2.45, 2.75) is 44.4 Å². The van der Waals surface area contributed by atoms with Crippen LogP contribution in [0.2, 0.25) is 0 Å². The fourth-order valence-electron chi connectivity index (χ4n) is 2.03. The van der Waals surface area contributed by atoms with E-state index in [4.69, 9.17) is 4.52 Å². The molecule has 1 fully saturated rings. The van der Waals surface area contributed by atoms with Gasteiger partial charge >= 0.3 is 0 Å². The van der Waals surface area contributed by atoms with Gasteiger partial charge in [-0.3, -0.25) is 4.79 Å². The minimum atomic E-state index is -2.97. The molecule has 1 aromatic heterocycles. The number of aromatic nitrogens is 2. The van der Waals surface area contributed by atoms with Gasteiger partial charge in [-0.25, -0.2) is 8.42 Å². The van der Waals surface area contributed by atoms with Crippen molar-refractivity contribution in [1.82, 2.24) is 15.5 Å². The maximum Gasteiger partial charge on any atom is 0.236 e. The number of carbonyl (C=O) groups excluding carboxylic acids is 1. The van der Waals surface area contributed by atoms with Gasteiger partial charge in [0.25, 0.3) is 0 Å². The third kappa shape index (κ3) is 4.98. The van der Waals surface area contributed by atoms with Crippen molar-refractivity contribution in [3.63, 3.8) is 0 Å². The molecule has 1 aliphatic rings. The first-order valence-electron chi connectivity index (χ1n) is 7.06. The van der Waals surface area contributed by atoms with Crippen molar-refractivity contribution in [1.29, 1.82) is 0 Å². The van der Waals surface area contributed by atoms with E-state index in [0.717, 1.165) is 0 Å². The second-order valence-corrected chi connectivity index (χ2v) is 9.64. The summed E-state index contributed by atoms with van der Waals surface area (Å²) in [6, 6.07) is -0.256. The smallest absolute Gasteiger partial charge is 0.236 e. The Hall–Kier alpha value is -1.09. The topological polar surface area (TPSA) is 102 Å². The van der Waals surface area contributed by atoms with E-state index in [1.165, 1.54) is 11.8 Å². The number of nitrogens with one attached hydrogen (secondary N) is 1. The monoisotopic (exact) mass is 347 g/mol. The number of rotatable bonds is 5. The molecule has 0 aromatic carbocycles. The summed E-state index contributed by atoms with van der Waals surface area (Å²) in [6.07, 6.45) is 0.497. The van der Waals surface area contributed by atoms with Gasteiger partial charge in [-0.1, -0.05) is 25.9 Å². The fraction of sp³-hybridized carbons (Fsp3) is 0.769. The lowest BCUT2D eigenvalue weighted by molar-refractivity contribution is -0.119. The molecular weight excluding hydrogens is 326 g/mol. The van der Waals surface area contributed by atoms with Gasteiger partial charge in [-0.05, 0) is 6.42 Å². The lowest BCUT2D eigenvalue weighted by Gasteiger charge is -2.11. The highest BCUT2D eigenvalue weighted by atomic mass is 32.2. The second-order valence-electron chi connectivity index (χ2n) is 6.42. The molecule has 0 spiro atoms. The van der Waals surface area contributed by atoms with Crippen LogP contribution in [-0.4, -0.2) is 47.8 Å². The number of thioether (sulfide) groups is 1. The first kappa shape index (κ1) is 17.3. The van der Waals surface area contributed by atoms with Crippen molar-refractivity contribution in [3.8, 4) is 0 Å². The molecule has 0 bridgehead atoms. The minimum absolute atomic E-state index is 0.0437. The van der Waals surface area contributed by atoms with E-state index >= 15 is 0 Å². The second kappa shape index (κ2) is 6.57. The molecule has 1 amide bonds. The van der Waals surface area contributed by atoms with E-state index in [9.17, 15) is 13.2 Å². The van der Waals surface area contributed by atoms with Crippen molar-refractivity contribution >= 4 is 27.5 Å². The average molecular weight is 347 g/mol. The first-order chi connectivity index (χ1) is 10.2. The van der Waals surface area contributed by atoms with Gasteiger partial charge in [-0.15, -0.1) is 11.8 Å². The molecule has 1 unspecified atom stereocenters. The van der Waals surface area contributed by atoms with Gasteiger partial charge in [0.15, 0.2) is 15.7 Å². The molecule has 0 radical (unpaired) electrons. The highest BCUT2D eigenvalue weighted by Gasteiger charge is 2.28. The molecule has 1 aromatic rings. The number of amides is 1. The summed E-state index contributed by atoms with van der Waals surface area (Å²) >= 11 is 1.36. The standard InChI is InChI=1S/C13H21N3O4S2/c1-13(2,3)12-15-11(20-16-12)7-21-6-10(17)14-9-4-5-22(18,19)8-9/h9H,4-8H2,1-3H3,(H,14,17). The third-order valence-electron chi connectivity index (χ3n) is 3.20. The summed E-state index contributed by atoms with van der Waals surface area (Å²) in [4.78, 5) is 16.1. The average Bonchev–Trinajstić information content (AvgIpc) is 2.95. The number of nitrogens with zero attached hydrogens (tertiary/aromatic N) is 2. The van der Waals surface area contributed by atoms with E-state index in [1.54, 1.807) is 0 Å². The zero-order valence-electron chi connectivity index (χ0n) is 13.0. The highest BCUT2D eigenvalue weighted by Crippen LogP contribution is 2.20. The Labute approximate surface area is 134 Å². The number of sulfone groups is 1. The van der Waals surface area contributed by atoms with Crippen LogP contribution in [0.4, 0.5) is 0 Å². The van der Waals surface area contributed by atoms with Crippen molar-refractivity contribution in [2.24, 2.45) is 0 Å². The van der Waals surface area contributed by atoms with Crippen LogP contribution in [0.15, 0.2) is 4.52 Å². The van der Waals surface area contributed by atoms with E-state index in [-0.39, 0.29) is 34.6 Å². The molecule has 124 valence electrons. The molecule has 1 saturated heterocycles. The van der Waals surface area contributed by atoms with Crippen LogP contribution in [0.1, 0.15) is 38.9 Å². The first-order valence-corrected chi connectivity index (χ1v) is 10.0. The predicted octanol–water partition coefficient (Wildman–Crippen LogP) is 0.904. The van der Waals surface area contributed by atoms with Gasteiger partial charge in [-0.2, -0.15) is 4.98 Å². The van der Waals surface area contributed by atoms with Gasteiger partial charge < -0.3 is 9.84 Å². The maximum atomic E-state index is 11.8. The summed E-state index contributed by atoms with van der Waals surface area (Å²) in [5, 5.41) is 6.66. The fourth-order valence-corrected chi connectivity index (χ4v) is 4.36. The Morgan fingerprint density at radius 3 is 2.73 bits per heavy atom. The highest BCUT2D eigenvalue weighted by molar-refractivity contribution is 7.99. The summed E-state index contributed by atoms with van der Waals surface area (Å²) in [5.41, 5.74) is -0.169. The third-order valence-corrected chi connectivity index (χ3v) is 5.88. The van der Waals surface area contributed by atoms with Crippen molar-refractivity contribution in [3.05, 3.63) is 11.7 Å². The summed E-state index contributed by atoms with van der Waals surface area (Å²) in [5.74, 6) is 1.87. The quantitative estimate of drug-likeness (QED) is 0.844. The number of hydrogen-bond donors (Lipinski definition) is 1. The van der Waals surface area contributed by atoms with E-state index in [2.05, 4.69) is 15.5 Å². The van der Waals surface area contributed by atoms with Crippen molar-refractivity contribution in [2.75, 3.05) is 17.3 Å². The van der Waals surface area contributed by atoms with E-state index < -0.39 is 9.84 Å². The molecule has 0 aliphatic carbocycles. The molecule has 2 rings (SSSR count). The van der Waals surface area contributed by atoms with E-state index in [1.807, 2.05) is 20.8 Å². The van der Waals surface area contributed by atoms with Crippen LogP contribution < -0.4 is 5.32 Å². The van der Waals surface area contributed by atoms with Gasteiger partial charge in [0, 0.05) is 11.5 Å². The molecule has 7 nitrogen and oxygen atoms in total. The van der Waals surface area contributed by atoms with Crippen LogP contribution in [0.3, 0.4) is 0 Å². The van der Waals surface area contributed by atoms with Gasteiger partial charge in [0.1, 0.15) is 0 Å². The zero-order chi connectivity index (χ0) is 16.4. The molecular formula is C13H21N3O4S2. The van der Waals surface area contributed by atoms with Gasteiger partial charge in [0.2, 0.25) is 11.8 Å². The summed E-state index contributed by atoms with van der Waals surface area (Å²) in [6.45, 7) is 5.99. The Balaban J connectivity index is 1.72. The van der Waals surface area contributed by atoms with Crippen LogP contribution >= 0.6 is 11.8 Å². The predicted molar refractivity (Wildman–Crippen MR) is 84.4 cm³/mol. The van der Waals surface area contributed by atoms with Crippen LogP contribution in [-0.2, 0) is 25.8 Å². The molecule has 2 heterocycles. The Morgan fingerprint density at radius 1 is 1.45 bits per heavy atom. The SMILES string of the molecule is CC(C)(C)c1noc(CSCC(=O)NC2CCS(=O)(=O)C2)n1. The molecule has 1 aliphatic heterocycles. The lowest BCUT2D eigenvalue weighted by atomic mass is 9.96. The largest absolute Gasteiger partial charge is 0.352 e. The van der Waals surface area contributed by atoms with E-state index in [0.29, 0.717) is 23.9 Å². The Morgan fingerprint density at radius 2 is 2.18 bits per heavy atom. The van der Waals surface area contributed by atoms with Gasteiger partial charge in [0.05, 0.1) is 23.0 Å². The summed E-state index contributed by atoms with van der Waals surface area (Å²) < 4.78 is 27.8. The minimum Gasteiger partial charge on any atom is -0.352 e. The lowest BCUT2D eigenvalue weighted by Crippen LogP contribution is -2.36. The van der Waals surface area contributed by atoms with Crippen molar-refractivity contribution < 1.29 is 17.7 Å². The number of carbonyl (C=O) groups is 1. The zero-order valence-corrected chi connectivity index (χ0v) is 14.6. The normalized spacial score (nSPS) is 21.0. The Bertz CT molecular complexity index is 634. The maximum absolute atomic E-state index is 11.8. The molecule has 22 heavy (non-hydrogen) atoms. The van der Waals surface area contributed by atoms with Crippen LogP contribution in [0, 0.1) is 0 Å². The Kier molecular flexibility index (Phi) is 5.16. The molecule has 9 heteroatoms. The molecule has 1 N–H and O–H groups in total. The summed E-state index contributed by atoms with van der Waals surface area (Å²) in [7, 11) is -2.97. The van der Waals surface area contributed by atoms with Crippen LogP contribution in [0.25, 0.3) is 0 Å². The number of hydrogen-bond acceptors (Lipinski definition) is 7. The van der Waals surface area contributed by atoms with Crippen LogP contribution in [0.5, 0.6) is 0 Å².